The second kappa shape index (κ2) is 5.78. The summed E-state index contributed by atoms with van der Waals surface area (Å²) in [7, 11) is 0. The minimum Gasteiger partial charge on any atom is -0.330 e. The predicted octanol–water partition coefficient (Wildman–Crippen LogP) is 3.33. The van der Waals surface area contributed by atoms with Crippen LogP contribution in [-0.2, 0) is 6.42 Å². The van der Waals surface area contributed by atoms with E-state index in [0.29, 0.717) is 5.92 Å². The molecule has 1 aromatic heterocycles. The van der Waals surface area contributed by atoms with Gasteiger partial charge in [-0.05, 0) is 38.1 Å². The van der Waals surface area contributed by atoms with E-state index in [0.717, 1.165) is 18.9 Å². The van der Waals surface area contributed by atoms with E-state index in [2.05, 4.69) is 12.3 Å². The lowest BCUT2D eigenvalue weighted by Gasteiger charge is -2.06. The first-order chi connectivity index (χ1) is 7.79. The van der Waals surface area contributed by atoms with Crippen LogP contribution >= 0.6 is 11.3 Å². The fourth-order valence-electron chi connectivity index (χ4n) is 2.34. The van der Waals surface area contributed by atoms with Crippen LogP contribution in [0.2, 0.25) is 0 Å². The van der Waals surface area contributed by atoms with E-state index in [4.69, 9.17) is 10.7 Å². The molecule has 2 nitrogen and oxygen atoms in total. The van der Waals surface area contributed by atoms with Crippen LogP contribution in [0.25, 0.3) is 0 Å². The van der Waals surface area contributed by atoms with E-state index < -0.39 is 0 Å². The molecule has 0 aromatic carbocycles. The maximum absolute atomic E-state index is 5.62. The zero-order chi connectivity index (χ0) is 11.4. The average Bonchev–Trinajstić information content (AvgIpc) is 2.95. The number of aromatic nitrogens is 1. The Morgan fingerprint density at radius 1 is 1.50 bits per heavy atom. The molecule has 0 spiro atoms. The SMILES string of the molecule is CC(CN)CCc1nc(C2CCCC2)cs1. The smallest absolute Gasteiger partial charge is 0.0928 e. The van der Waals surface area contributed by atoms with Gasteiger partial charge in [-0.15, -0.1) is 11.3 Å². The quantitative estimate of drug-likeness (QED) is 0.854. The van der Waals surface area contributed by atoms with Crippen LogP contribution in [0.1, 0.15) is 55.6 Å². The van der Waals surface area contributed by atoms with Gasteiger partial charge in [-0.2, -0.15) is 0 Å². The number of thiazole rings is 1. The van der Waals surface area contributed by atoms with Crippen molar-refractivity contribution in [3.63, 3.8) is 0 Å². The topological polar surface area (TPSA) is 38.9 Å². The first-order valence-electron chi connectivity index (χ1n) is 6.44. The van der Waals surface area contributed by atoms with Crippen molar-refractivity contribution in [3.8, 4) is 0 Å². The highest BCUT2D eigenvalue weighted by Gasteiger charge is 2.19. The zero-order valence-corrected chi connectivity index (χ0v) is 10.9. The summed E-state index contributed by atoms with van der Waals surface area (Å²) in [6.45, 7) is 3.01. The summed E-state index contributed by atoms with van der Waals surface area (Å²) < 4.78 is 0. The number of hydrogen-bond donors (Lipinski definition) is 1. The van der Waals surface area contributed by atoms with Crippen LogP contribution in [0.4, 0.5) is 0 Å². The third-order valence-corrected chi connectivity index (χ3v) is 4.52. The Labute approximate surface area is 102 Å². The minimum absolute atomic E-state index is 0.624. The molecule has 0 radical (unpaired) electrons. The summed E-state index contributed by atoms with van der Waals surface area (Å²) in [6.07, 6.45) is 7.76. The van der Waals surface area contributed by atoms with Crippen molar-refractivity contribution >= 4 is 11.3 Å². The van der Waals surface area contributed by atoms with Gasteiger partial charge in [-0.3, -0.25) is 0 Å². The Kier molecular flexibility index (Phi) is 4.36. The molecule has 2 N–H and O–H groups in total. The number of aryl methyl sites for hydroxylation is 1. The molecule has 0 saturated heterocycles. The lowest BCUT2D eigenvalue weighted by Crippen LogP contribution is -2.11. The normalized spacial score (nSPS) is 19.1. The van der Waals surface area contributed by atoms with Crippen LogP contribution in [0.15, 0.2) is 5.38 Å². The molecule has 1 aromatic rings. The molecule has 0 amide bonds. The van der Waals surface area contributed by atoms with E-state index in [1.54, 1.807) is 0 Å². The molecule has 16 heavy (non-hydrogen) atoms. The van der Waals surface area contributed by atoms with E-state index in [1.165, 1.54) is 42.8 Å². The lowest BCUT2D eigenvalue weighted by molar-refractivity contribution is 0.543. The predicted molar refractivity (Wildman–Crippen MR) is 69.9 cm³/mol. The maximum Gasteiger partial charge on any atom is 0.0928 e. The number of nitrogens with zero attached hydrogens (tertiary/aromatic N) is 1. The summed E-state index contributed by atoms with van der Waals surface area (Å²) in [5.74, 6) is 1.38. The molecular weight excluding hydrogens is 216 g/mol. The van der Waals surface area contributed by atoms with Crippen LogP contribution in [0, 0.1) is 5.92 Å². The lowest BCUT2D eigenvalue weighted by atomic mass is 10.1. The monoisotopic (exact) mass is 238 g/mol. The molecule has 1 heterocycles. The van der Waals surface area contributed by atoms with E-state index in [9.17, 15) is 0 Å². The van der Waals surface area contributed by atoms with E-state index in [1.807, 2.05) is 11.3 Å². The summed E-state index contributed by atoms with van der Waals surface area (Å²) in [5, 5.41) is 3.58. The molecule has 1 saturated carbocycles. The molecule has 1 atom stereocenters. The Bertz CT molecular complexity index is 315. The standard InChI is InChI=1S/C13H22N2S/c1-10(8-14)6-7-13-15-12(9-16-13)11-4-2-3-5-11/h9-11H,2-8,14H2,1H3. The van der Waals surface area contributed by atoms with Gasteiger partial charge in [-0.1, -0.05) is 19.8 Å². The van der Waals surface area contributed by atoms with Gasteiger partial charge in [0.15, 0.2) is 0 Å². The number of nitrogens with two attached hydrogens (primary N) is 1. The van der Waals surface area contributed by atoms with Gasteiger partial charge in [-0.25, -0.2) is 4.98 Å². The number of hydrogen-bond acceptors (Lipinski definition) is 3. The minimum atomic E-state index is 0.624. The molecule has 1 aliphatic rings. The van der Waals surface area contributed by atoms with Crippen molar-refractivity contribution in [2.45, 2.75) is 51.4 Å². The highest BCUT2D eigenvalue weighted by molar-refractivity contribution is 7.09. The maximum atomic E-state index is 5.62. The molecule has 3 heteroatoms. The van der Waals surface area contributed by atoms with Gasteiger partial charge < -0.3 is 5.73 Å². The Morgan fingerprint density at radius 2 is 2.25 bits per heavy atom. The summed E-state index contributed by atoms with van der Waals surface area (Å²) in [4.78, 5) is 4.78. The summed E-state index contributed by atoms with van der Waals surface area (Å²) in [5.41, 5.74) is 6.98. The first kappa shape index (κ1) is 12.1. The molecule has 1 fully saturated rings. The summed E-state index contributed by atoms with van der Waals surface area (Å²) >= 11 is 1.84. The molecular formula is C13H22N2S. The highest BCUT2D eigenvalue weighted by atomic mass is 32.1. The second-order valence-electron chi connectivity index (χ2n) is 5.03. The molecule has 0 bridgehead atoms. The third kappa shape index (κ3) is 3.05. The molecule has 2 rings (SSSR count). The Morgan fingerprint density at radius 3 is 2.94 bits per heavy atom. The van der Waals surface area contributed by atoms with Crippen molar-refractivity contribution in [1.82, 2.24) is 4.98 Å². The van der Waals surface area contributed by atoms with Crippen molar-refractivity contribution < 1.29 is 0 Å². The molecule has 90 valence electrons. The Balaban J connectivity index is 1.86. The fraction of sp³-hybridized carbons (Fsp3) is 0.769. The fourth-order valence-corrected chi connectivity index (χ4v) is 3.23. The van der Waals surface area contributed by atoms with Gasteiger partial charge in [0.25, 0.3) is 0 Å². The first-order valence-corrected chi connectivity index (χ1v) is 7.32. The molecule has 1 unspecified atom stereocenters. The molecule has 0 aliphatic heterocycles. The van der Waals surface area contributed by atoms with Gasteiger partial charge in [0.1, 0.15) is 0 Å². The second-order valence-corrected chi connectivity index (χ2v) is 5.97. The zero-order valence-electron chi connectivity index (χ0n) is 10.1. The van der Waals surface area contributed by atoms with Crippen LogP contribution in [0.3, 0.4) is 0 Å². The van der Waals surface area contributed by atoms with E-state index in [-0.39, 0.29) is 0 Å². The largest absolute Gasteiger partial charge is 0.330 e. The Hall–Kier alpha value is -0.410. The molecule has 1 aliphatic carbocycles. The van der Waals surface area contributed by atoms with Gasteiger partial charge in [0, 0.05) is 11.3 Å². The van der Waals surface area contributed by atoms with Crippen molar-refractivity contribution in [1.29, 1.82) is 0 Å². The average molecular weight is 238 g/mol. The number of rotatable bonds is 5. The van der Waals surface area contributed by atoms with Gasteiger partial charge in [0.05, 0.1) is 10.7 Å². The summed E-state index contributed by atoms with van der Waals surface area (Å²) in [6, 6.07) is 0. The van der Waals surface area contributed by atoms with Crippen molar-refractivity contribution in [3.05, 3.63) is 16.1 Å². The van der Waals surface area contributed by atoms with Gasteiger partial charge in [0.2, 0.25) is 0 Å². The van der Waals surface area contributed by atoms with Crippen LogP contribution in [0.5, 0.6) is 0 Å². The van der Waals surface area contributed by atoms with E-state index >= 15 is 0 Å². The van der Waals surface area contributed by atoms with Crippen LogP contribution in [-0.4, -0.2) is 11.5 Å². The van der Waals surface area contributed by atoms with Crippen molar-refractivity contribution in [2.75, 3.05) is 6.54 Å². The third-order valence-electron chi connectivity index (χ3n) is 3.60. The van der Waals surface area contributed by atoms with Gasteiger partial charge >= 0.3 is 0 Å². The van der Waals surface area contributed by atoms with Crippen molar-refractivity contribution in [2.24, 2.45) is 11.7 Å². The van der Waals surface area contributed by atoms with Crippen LogP contribution < -0.4 is 5.73 Å². The highest BCUT2D eigenvalue weighted by Crippen LogP contribution is 2.34.